The standard InChI is InChI=1S/C14H17N5O2/c1-18-8-15-6-11(18)13-17-16-12(21-13)10-4-5-19(7-10)14(20)9-2-3-9/h6,8-10H,2-5,7H2,1H3. The Labute approximate surface area is 122 Å². The molecular formula is C14H17N5O2. The van der Waals surface area contributed by atoms with Crippen LogP contribution in [0.1, 0.15) is 31.1 Å². The SMILES string of the molecule is Cn1cncc1-c1nnc(C2CCN(C(=O)C3CC3)C2)o1. The molecular weight excluding hydrogens is 270 g/mol. The van der Waals surface area contributed by atoms with E-state index in [1.807, 2.05) is 16.5 Å². The molecule has 2 aromatic rings. The van der Waals surface area contributed by atoms with Crippen molar-refractivity contribution in [2.45, 2.75) is 25.2 Å². The van der Waals surface area contributed by atoms with Crippen LogP contribution in [0.2, 0.25) is 0 Å². The van der Waals surface area contributed by atoms with Crippen LogP contribution in [0.25, 0.3) is 11.6 Å². The molecule has 1 aliphatic heterocycles. The maximum absolute atomic E-state index is 12.1. The van der Waals surface area contributed by atoms with Crippen molar-refractivity contribution >= 4 is 5.91 Å². The molecule has 1 saturated carbocycles. The number of hydrogen-bond donors (Lipinski definition) is 0. The summed E-state index contributed by atoms with van der Waals surface area (Å²) in [6, 6.07) is 0. The molecule has 0 bridgehead atoms. The summed E-state index contributed by atoms with van der Waals surface area (Å²) >= 11 is 0. The van der Waals surface area contributed by atoms with Gasteiger partial charge < -0.3 is 13.9 Å². The van der Waals surface area contributed by atoms with Crippen LogP contribution < -0.4 is 0 Å². The van der Waals surface area contributed by atoms with Crippen LogP contribution in [-0.2, 0) is 11.8 Å². The summed E-state index contributed by atoms with van der Waals surface area (Å²) in [6.07, 6.45) is 6.39. The largest absolute Gasteiger partial charge is 0.419 e. The summed E-state index contributed by atoms with van der Waals surface area (Å²) in [4.78, 5) is 18.1. The van der Waals surface area contributed by atoms with Crippen molar-refractivity contribution in [2.24, 2.45) is 13.0 Å². The van der Waals surface area contributed by atoms with Crippen LogP contribution in [0.4, 0.5) is 0 Å². The summed E-state index contributed by atoms with van der Waals surface area (Å²) in [6.45, 7) is 1.49. The number of nitrogens with zero attached hydrogens (tertiary/aromatic N) is 5. The first kappa shape index (κ1) is 12.6. The summed E-state index contributed by atoms with van der Waals surface area (Å²) < 4.78 is 7.62. The zero-order chi connectivity index (χ0) is 14.4. The number of likely N-dealkylation sites (tertiary alicyclic amines) is 1. The lowest BCUT2D eigenvalue weighted by atomic mass is 10.1. The third-order valence-corrected chi connectivity index (χ3v) is 4.25. The van der Waals surface area contributed by atoms with Crippen LogP contribution in [0.15, 0.2) is 16.9 Å². The fourth-order valence-electron chi connectivity index (χ4n) is 2.82. The normalized spacial score (nSPS) is 22.0. The van der Waals surface area contributed by atoms with Crippen molar-refractivity contribution in [1.29, 1.82) is 0 Å². The van der Waals surface area contributed by atoms with Gasteiger partial charge in [-0.05, 0) is 19.3 Å². The summed E-state index contributed by atoms with van der Waals surface area (Å²) in [5.41, 5.74) is 0.803. The minimum atomic E-state index is 0.155. The highest BCUT2D eigenvalue weighted by molar-refractivity contribution is 5.81. The molecule has 7 nitrogen and oxygen atoms in total. The first-order chi connectivity index (χ1) is 10.2. The fraction of sp³-hybridized carbons (Fsp3) is 0.571. The lowest BCUT2D eigenvalue weighted by Crippen LogP contribution is -2.29. The van der Waals surface area contributed by atoms with Gasteiger partial charge in [0.05, 0.1) is 18.4 Å². The van der Waals surface area contributed by atoms with Crippen molar-refractivity contribution in [3.8, 4) is 11.6 Å². The third-order valence-electron chi connectivity index (χ3n) is 4.25. The van der Waals surface area contributed by atoms with E-state index in [0.717, 1.165) is 31.5 Å². The maximum atomic E-state index is 12.1. The van der Waals surface area contributed by atoms with Crippen LogP contribution in [0.5, 0.6) is 0 Å². The molecule has 2 fully saturated rings. The molecule has 0 N–H and O–H groups in total. The molecule has 2 aliphatic rings. The number of carbonyl (C=O) groups is 1. The Morgan fingerprint density at radius 1 is 1.33 bits per heavy atom. The topological polar surface area (TPSA) is 77.1 Å². The van der Waals surface area contributed by atoms with Gasteiger partial charge in [0.15, 0.2) is 0 Å². The molecule has 0 radical (unpaired) electrons. The second-order valence-corrected chi connectivity index (χ2v) is 5.88. The Kier molecular flexibility index (Phi) is 2.80. The van der Waals surface area contributed by atoms with E-state index in [0.29, 0.717) is 24.2 Å². The number of imidazole rings is 1. The smallest absolute Gasteiger partial charge is 0.265 e. The van der Waals surface area contributed by atoms with Crippen LogP contribution in [-0.4, -0.2) is 43.6 Å². The quantitative estimate of drug-likeness (QED) is 0.847. The van der Waals surface area contributed by atoms with E-state index in [2.05, 4.69) is 15.2 Å². The molecule has 4 rings (SSSR count). The molecule has 21 heavy (non-hydrogen) atoms. The highest BCUT2D eigenvalue weighted by Crippen LogP contribution is 2.35. The third kappa shape index (κ3) is 2.22. The number of hydrogen-bond acceptors (Lipinski definition) is 5. The molecule has 2 aromatic heterocycles. The Balaban J connectivity index is 1.49. The van der Waals surface area contributed by atoms with Gasteiger partial charge in [0, 0.05) is 26.1 Å². The highest BCUT2D eigenvalue weighted by Gasteiger charge is 2.38. The minimum Gasteiger partial charge on any atom is -0.419 e. The molecule has 7 heteroatoms. The molecule has 110 valence electrons. The van der Waals surface area contributed by atoms with E-state index in [1.165, 1.54) is 0 Å². The second-order valence-electron chi connectivity index (χ2n) is 5.88. The molecule has 3 heterocycles. The minimum absolute atomic E-state index is 0.155. The zero-order valence-electron chi connectivity index (χ0n) is 11.9. The van der Waals surface area contributed by atoms with E-state index in [9.17, 15) is 4.79 Å². The molecule has 1 aliphatic carbocycles. The van der Waals surface area contributed by atoms with Crippen molar-refractivity contribution in [1.82, 2.24) is 24.6 Å². The molecule has 0 spiro atoms. The average Bonchev–Trinajstić information content (AvgIpc) is 2.91. The summed E-state index contributed by atoms with van der Waals surface area (Å²) in [7, 11) is 1.89. The Bertz CT molecular complexity index is 672. The molecule has 0 aromatic carbocycles. The number of rotatable bonds is 3. The van der Waals surface area contributed by atoms with E-state index in [-0.39, 0.29) is 11.8 Å². The number of carbonyl (C=O) groups excluding carboxylic acids is 1. The Hall–Kier alpha value is -2.18. The van der Waals surface area contributed by atoms with Gasteiger partial charge in [0.2, 0.25) is 11.8 Å². The van der Waals surface area contributed by atoms with Gasteiger partial charge in [-0.2, -0.15) is 0 Å². The average molecular weight is 287 g/mol. The monoisotopic (exact) mass is 287 g/mol. The van der Waals surface area contributed by atoms with E-state index in [1.54, 1.807) is 12.5 Å². The Morgan fingerprint density at radius 3 is 2.90 bits per heavy atom. The first-order valence-electron chi connectivity index (χ1n) is 7.31. The number of aryl methyl sites for hydroxylation is 1. The van der Waals surface area contributed by atoms with Gasteiger partial charge in [-0.25, -0.2) is 4.98 Å². The van der Waals surface area contributed by atoms with Crippen molar-refractivity contribution in [2.75, 3.05) is 13.1 Å². The lowest BCUT2D eigenvalue weighted by Gasteiger charge is -2.14. The van der Waals surface area contributed by atoms with E-state index < -0.39 is 0 Å². The predicted octanol–water partition coefficient (Wildman–Crippen LogP) is 1.20. The Morgan fingerprint density at radius 2 is 2.19 bits per heavy atom. The lowest BCUT2D eigenvalue weighted by molar-refractivity contribution is -0.131. The van der Waals surface area contributed by atoms with Gasteiger partial charge >= 0.3 is 0 Å². The summed E-state index contributed by atoms with van der Waals surface area (Å²) in [5, 5.41) is 8.25. The maximum Gasteiger partial charge on any atom is 0.265 e. The predicted molar refractivity (Wildman–Crippen MR) is 73.2 cm³/mol. The fourth-order valence-corrected chi connectivity index (χ4v) is 2.82. The van der Waals surface area contributed by atoms with Gasteiger partial charge in [0.1, 0.15) is 5.69 Å². The summed E-state index contributed by atoms with van der Waals surface area (Å²) in [5.74, 6) is 1.83. The van der Waals surface area contributed by atoms with Crippen LogP contribution in [0.3, 0.4) is 0 Å². The molecule has 1 saturated heterocycles. The second kappa shape index (κ2) is 4.68. The molecule has 1 atom stereocenters. The molecule has 1 unspecified atom stereocenters. The van der Waals surface area contributed by atoms with Crippen molar-refractivity contribution in [3.63, 3.8) is 0 Å². The van der Waals surface area contributed by atoms with Crippen LogP contribution in [0, 0.1) is 5.92 Å². The number of aromatic nitrogens is 4. The van der Waals surface area contributed by atoms with E-state index >= 15 is 0 Å². The first-order valence-corrected chi connectivity index (χ1v) is 7.31. The van der Waals surface area contributed by atoms with Gasteiger partial charge in [-0.3, -0.25) is 4.79 Å². The van der Waals surface area contributed by atoms with Crippen molar-refractivity contribution < 1.29 is 9.21 Å². The van der Waals surface area contributed by atoms with Crippen molar-refractivity contribution in [3.05, 3.63) is 18.4 Å². The molecule has 1 amide bonds. The van der Waals surface area contributed by atoms with Gasteiger partial charge in [-0.15, -0.1) is 10.2 Å². The van der Waals surface area contributed by atoms with Gasteiger partial charge in [0.25, 0.3) is 5.89 Å². The number of amides is 1. The van der Waals surface area contributed by atoms with Gasteiger partial charge in [-0.1, -0.05) is 0 Å². The zero-order valence-corrected chi connectivity index (χ0v) is 11.9. The van der Waals surface area contributed by atoms with E-state index in [4.69, 9.17) is 4.42 Å². The highest BCUT2D eigenvalue weighted by atomic mass is 16.4. The van der Waals surface area contributed by atoms with Crippen LogP contribution >= 0.6 is 0 Å².